The van der Waals surface area contributed by atoms with Crippen LogP contribution in [0.4, 0.5) is 0 Å². The summed E-state index contributed by atoms with van der Waals surface area (Å²) in [5.74, 6) is -0.742. The van der Waals surface area contributed by atoms with Crippen molar-refractivity contribution in [2.24, 2.45) is 0 Å². The Kier molecular flexibility index (Phi) is 12.2. The van der Waals surface area contributed by atoms with E-state index in [2.05, 4.69) is 14.2 Å². The molecule has 0 aromatic carbocycles. The smallest absolute Gasteiger partial charge is 0.303 e. The highest BCUT2D eigenvalue weighted by Gasteiger charge is 2.06. The highest BCUT2D eigenvalue weighted by Crippen LogP contribution is 1.92. The molecule has 0 aliphatic carbocycles. The largest absolute Gasteiger partial charge is 0.462 e. The summed E-state index contributed by atoms with van der Waals surface area (Å²) in [4.78, 5) is 20.6. The molecule has 1 N–H and O–H groups in total. The van der Waals surface area contributed by atoms with E-state index in [0.717, 1.165) is 0 Å². The van der Waals surface area contributed by atoms with Crippen LogP contribution in [0.1, 0.15) is 27.7 Å². The topological polar surface area (TPSA) is 82.1 Å². The second kappa shape index (κ2) is 11.3. The molecule has 0 aromatic heterocycles. The minimum Gasteiger partial charge on any atom is -0.462 e. The van der Waals surface area contributed by atoms with Crippen molar-refractivity contribution in [3.05, 3.63) is 0 Å². The number of rotatable bonds is 5. The first-order chi connectivity index (χ1) is 7.79. The molecular formula is C11H22O6. The molecule has 0 rings (SSSR count). The van der Waals surface area contributed by atoms with Gasteiger partial charge in [-0.25, -0.2) is 0 Å². The van der Waals surface area contributed by atoms with E-state index >= 15 is 0 Å². The van der Waals surface area contributed by atoms with Crippen LogP contribution in [0.2, 0.25) is 0 Å². The van der Waals surface area contributed by atoms with Gasteiger partial charge in [0.15, 0.2) is 0 Å². The van der Waals surface area contributed by atoms with Crippen molar-refractivity contribution < 1.29 is 28.9 Å². The minimum atomic E-state index is -0.371. The Bertz CT molecular complexity index is 214. The normalized spacial score (nSPS) is 12.8. The van der Waals surface area contributed by atoms with Gasteiger partial charge in [0, 0.05) is 21.0 Å². The summed E-state index contributed by atoms with van der Waals surface area (Å²) in [6, 6.07) is 0. The molecule has 0 aliphatic heterocycles. The molecule has 17 heavy (non-hydrogen) atoms. The average Bonchev–Trinajstić information content (AvgIpc) is 2.14. The zero-order valence-electron chi connectivity index (χ0n) is 11.1. The lowest BCUT2D eigenvalue weighted by molar-refractivity contribution is -0.155. The Labute approximate surface area is 102 Å². The molecule has 6 nitrogen and oxygen atoms in total. The predicted octanol–water partition coefficient (Wildman–Crippen LogP) is 0.515. The van der Waals surface area contributed by atoms with Gasteiger partial charge in [-0.2, -0.15) is 0 Å². The number of ether oxygens (including phenoxy) is 3. The number of aliphatic hydroxyl groups excluding tert-OH is 1. The van der Waals surface area contributed by atoms with E-state index in [-0.39, 0.29) is 30.8 Å². The molecule has 0 aromatic rings. The molecule has 0 bridgehead atoms. The number of esters is 2. The average molecular weight is 250 g/mol. The maximum atomic E-state index is 10.3. The highest BCUT2D eigenvalue weighted by molar-refractivity contribution is 5.67. The van der Waals surface area contributed by atoms with Crippen LogP contribution in [0.15, 0.2) is 0 Å². The maximum absolute atomic E-state index is 10.3. The van der Waals surface area contributed by atoms with Gasteiger partial charge in [0.05, 0.1) is 12.7 Å². The van der Waals surface area contributed by atoms with Crippen molar-refractivity contribution in [1.82, 2.24) is 0 Å². The lowest BCUT2D eigenvalue weighted by Gasteiger charge is -2.10. The maximum Gasteiger partial charge on any atom is 0.303 e. The zero-order valence-corrected chi connectivity index (χ0v) is 11.1. The van der Waals surface area contributed by atoms with Crippen molar-refractivity contribution in [1.29, 1.82) is 0 Å². The van der Waals surface area contributed by atoms with Crippen LogP contribution in [-0.2, 0) is 23.8 Å². The molecule has 0 amide bonds. The van der Waals surface area contributed by atoms with E-state index < -0.39 is 0 Å². The SMILES string of the molecule is CC(=O)OCC(C)OC(C)=O.COCC(C)O. The summed E-state index contributed by atoms with van der Waals surface area (Å²) in [5, 5.41) is 8.43. The third-order valence-electron chi connectivity index (χ3n) is 1.30. The van der Waals surface area contributed by atoms with Gasteiger partial charge in [-0.3, -0.25) is 9.59 Å². The molecule has 0 fully saturated rings. The van der Waals surface area contributed by atoms with Crippen LogP contribution in [-0.4, -0.2) is 49.6 Å². The van der Waals surface area contributed by atoms with Gasteiger partial charge in [-0.05, 0) is 13.8 Å². The fourth-order valence-electron chi connectivity index (χ4n) is 0.793. The van der Waals surface area contributed by atoms with Crippen molar-refractivity contribution >= 4 is 11.9 Å². The van der Waals surface area contributed by atoms with Crippen molar-refractivity contribution in [2.75, 3.05) is 20.3 Å². The third-order valence-corrected chi connectivity index (χ3v) is 1.30. The van der Waals surface area contributed by atoms with Crippen LogP contribution in [0.5, 0.6) is 0 Å². The van der Waals surface area contributed by atoms with Gasteiger partial charge in [0.1, 0.15) is 12.7 Å². The van der Waals surface area contributed by atoms with Crippen molar-refractivity contribution in [2.45, 2.75) is 39.9 Å². The summed E-state index contributed by atoms with van der Waals surface area (Å²) < 4.78 is 13.8. The molecule has 2 unspecified atom stereocenters. The van der Waals surface area contributed by atoms with E-state index in [1.54, 1.807) is 21.0 Å². The second-order valence-corrected chi connectivity index (χ2v) is 3.53. The number of hydrogen-bond donors (Lipinski definition) is 1. The zero-order chi connectivity index (χ0) is 13.8. The predicted molar refractivity (Wildman–Crippen MR) is 61.4 cm³/mol. The minimum absolute atomic E-state index is 0.120. The standard InChI is InChI=1S/C7H12O4.C4H10O2/c1-5(11-7(3)9)4-10-6(2)8;1-4(5)3-6-2/h5H,4H2,1-3H3;4-5H,3H2,1-2H3. The first kappa shape index (κ1) is 18.2. The Morgan fingerprint density at radius 1 is 1.12 bits per heavy atom. The monoisotopic (exact) mass is 250 g/mol. The van der Waals surface area contributed by atoms with Gasteiger partial charge >= 0.3 is 11.9 Å². The molecular weight excluding hydrogens is 228 g/mol. The van der Waals surface area contributed by atoms with Gasteiger partial charge in [-0.15, -0.1) is 0 Å². The van der Waals surface area contributed by atoms with Crippen LogP contribution in [0.3, 0.4) is 0 Å². The van der Waals surface area contributed by atoms with Crippen LogP contribution in [0, 0.1) is 0 Å². The molecule has 0 saturated heterocycles. The molecule has 0 saturated carbocycles. The molecule has 0 heterocycles. The Hall–Kier alpha value is -1.14. The number of aliphatic hydroxyl groups is 1. The first-order valence-electron chi connectivity index (χ1n) is 5.27. The van der Waals surface area contributed by atoms with E-state index in [1.165, 1.54) is 13.8 Å². The van der Waals surface area contributed by atoms with E-state index in [4.69, 9.17) is 5.11 Å². The number of carbonyl (C=O) groups is 2. The summed E-state index contributed by atoms with van der Waals surface area (Å²) in [6.07, 6.45) is -0.689. The number of methoxy groups -OCH3 is 1. The summed E-state index contributed by atoms with van der Waals surface area (Å²) in [6.45, 7) is 6.51. The van der Waals surface area contributed by atoms with Crippen molar-refractivity contribution in [3.63, 3.8) is 0 Å². The fourth-order valence-corrected chi connectivity index (χ4v) is 0.793. The van der Waals surface area contributed by atoms with Crippen LogP contribution >= 0.6 is 0 Å². The Morgan fingerprint density at radius 3 is 1.88 bits per heavy atom. The molecule has 6 heteroatoms. The summed E-state index contributed by atoms with van der Waals surface area (Å²) in [7, 11) is 1.56. The van der Waals surface area contributed by atoms with E-state index in [1.807, 2.05) is 0 Å². The fraction of sp³-hybridized carbons (Fsp3) is 0.818. The number of hydrogen-bond acceptors (Lipinski definition) is 6. The lowest BCUT2D eigenvalue weighted by atomic mass is 10.4. The highest BCUT2D eigenvalue weighted by atomic mass is 16.6. The van der Waals surface area contributed by atoms with E-state index in [0.29, 0.717) is 6.61 Å². The third kappa shape index (κ3) is 20.8. The molecule has 102 valence electrons. The van der Waals surface area contributed by atoms with E-state index in [9.17, 15) is 9.59 Å². The lowest BCUT2D eigenvalue weighted by Crippen LogP contribution is -2.19. The molecule has 0 spiro atoms. The Balaban J connectivity index is 0. The first-order valence-corrected chi connectivity index (χ1v) is 5.27. The molecule has 2 atom stereocenters. The quantitative estimate of drug-likeness (QED) is 0.716. The van der Waals surface area contributed by atoms with Gasteiger partial charge in [0.25, 0.3) is 0 Å². The van der Waals surface area contributed by atoms with Crippen LogP contribution in [0.25, 0.3) is 0 Å². The molecule has 0 aliphatic rings. The second-order valence-electron chi connectivity index (χ2n) is 3.53. The van der Waals surface area contributed by atoms with Crippen LogP contribution < -0.4 is 0 Å². The summed E-state index contributed by atoms with van der Waals surface area (Å²) in [5.41, 5.74) is 0. The Morgan fingerprint density at radius 2 is 1.65 bits per heavy atom. The van der Waals surface area contributed by atoms with Gasteiger partial charge in [0.2, 0.25) is 0 Å². The van der Waals surface area contributed by atoms with Gasteiger partial charge < -0.3 is 19.3 Å². The van der Waals surface area contributed by atoms with Crippen molar-refractivity contribution in [3.8, 4) is 0 Å². The van der Waals surface area contributed by atoms with Gasteiger partial charge in [-0.1, -0.05) is 0 Å². The summed E-state index contributed by atoms with van der Waals surface area (Å²) >= 11 is 0. The number of carbonyl (C=O) groups excluding carboxylic acids is 2. The molecule has 0 radical (unpaired) electrons.